The first-order valence-corrected chi connectivity index (χ1v) is 6.55. The smallest absolute Gasteiger partial charge is 0.392 e. The molecular weight excluding hydrogens is 352 g/mol. The second kappa shape index (κ2) is 5.13. The normalized spacial score (nSPS) is 17.1. The molecule has 1 atom stereocenters. The molecule has 0 aliphatic heterocycles. The SMILES string of the molecule is CC(O)CS(=O)(=O)C(F)(F)C(F)(F)C(F)(F)C(F)(F)Cl. The molecule has 1 unspecified atom stereocenters. The zero-order chi connectivity index (χ0) is 16.8. The third-order valence-corrected chi connectivity index (χ3v) is 4.16. The van der Waals surface area contributed by atoms with E-state index in [0.29, 0.717) is 6.92 Å². The molecule has 0 bridgehead atoms. The summed E-state index contributed by atoms with van der Waals surface area (Å²) < 4.78 is 123. The van der Waals surface area contributed by atoms with Gasteiger partial charge in [-0.15, -0.1) is 0 Å². The molecule has 0 rings (SSSR count). The molecule has 0 aliphatic carbocycles. The van der Waals surface area contributed by atoms with Gasteiger partial charge in [-0.1, -0.05) is 0 Å². The quantitative estimate of drug-likeness (QED) is 0.586. The fourth-order valence-corrected chi connectivity index (χ4v) is 2.46. The number of rotatable bonds is 6. The highest BCUT2D eigenvalue weighted by atomic mass is 35.5. The van der Waals surface area contributed by atoms with Gasteiger partial charge >= 0.3 is 22.5 Å². The van der Waals surface area contributed by atoms with Gasteiger partial charge in [-0.2, -0.15) is 35.1 Å². The monoisotopic (exact) mass is 358 g/mol. The van der Waals surface area contributed by atoms with E-state index in [1.165, 1.54) is 0 Å². The lowest BCUT2D eigenvalue weighted by Gasteiger charge is -2.34. The summed E-state index contributed by atoms with van der Waals surface area (Å²) in [6.45, 7) is 0.583. The molecule has 0 fully saturated rings. The summed E-state index contributed by atoms with van der Waals surface area (Å²) in [6, 6.07) is 0. The molecule has 122 valence electrons. The van der Waals surface area contributed by atoms with Crippen LogP contribution in [0.4, 0.5) is 35.1 Å². The van der Waals surface area contributed by atoms with Gasteiger partial charge in [-0.25, -0.2) is 8.42 Å². The topological polar surface area (TPSA) is 54.4 Å². The highest BCUT2D eigenvalue weighted by molar-refractivity contribution is 7.92. The molecule has 3 nitrogen and oxygen atoms in total. The predicted molar refractivity (Wildman–Crippen MR) is 51.1 cm³/mol. The number of aliphatic hydroxyl groups is 1. The van der Waals surface area contributed by atoms with Crippen molar-refractivity contribution >= 4 is 21.4 Å². The van der Waals surface area contributed by atoms with Crippen LogP contribution in [0.3, 0.4) is 0 Å². The Morgan fingerprint density at radius 2 is 1.35 bits per heavy atom. The molecule has 20 heavy (non-hydrogen) atoms. The minimum atomic E-state index is -7.00. The van der Waals surface area contributed by atoms with E-state index in [0.717, 1.165) is 0 Å². The molecule has 0 saturated heterocycles. The van der Waals surface area contributed by atoms with Crippen LogP contribution in [0.5, 0.6) is 0 Å². The molecule has 0 aliphatic rings. The Morgan fingerprint density at radius 1 is 1.00 bits per heavy atom. The molecule has 0 saturated carbocycles. The lowest BCUT2D eigenvalue weighted by molar-refractivity contribution is -0.326. The van der Waals surface area contributed by atoms with Crippen molar-refractivity contribution in [2.75, 3.05) is 5.75 Å². The van der Waals surface area contributed by atoms with Gasteiger partial charge in [0.2, 0.25) is 9.84 Å². The molecule has 0 aromatic rings. The van der Waals surface area contributed by atoms with Gasteiger partial charge in [0, 0.05) is 0 Å². The van der Waals surface area contributed by atoms with Gasteiger partial charge in [0.1, 0.15) is 0 Å². The molecule has 0 aromatic heterocycles. The van der Waals surface area contributed by atoms with Crippen LogP contribution < -0.4 is 0 Å². The van der Waals surface area contributed by atoms with Gasteiger partial charge in [0.05, 0.1) is 11.9 Å². The maximum Gasteiger partial charge on any atom is 0.413 e. The number of sulfone groups is 1. The van der Waals surface area contributed by atoms with E-state index in [-0.39, 0.29) is 0 Å². The van der Waals surface area contributed by atoms with Crippen molar-refractivity contribution in [2.45, 2.75) is 35.5 Å². The molecule has 0 aromatic carbocycles. The summed E-state index contributed by atoms with van der Waals surface area (Å²) in [5, 5.41) is -4.13. The second-order valence-corrected chi connectivity index (χ2v) is 6.34. The van der Waals surface area contributed by atoms with E-state index in [9.17, 15) is 43.5 Å². The minimum Gasteiger partial charge on any atom is -0.392 e. The van der Waals surface area contributed by atoms with Gasteiger partial charge in [0.25, 0.3) is 0 Å². The van der Waals surface area contributed by atoms with Gasteiger partial charge in [0.15, 0.2) is 0 Å². The van der Waals surface area contributed by atoms with Gasteiger partial charge in [-0.05, 0) is 18.5 Å². The van der Waals surface area contributed by atoms with E-state index in [4.69, 9.17) is 5.11 Å². The Kier molecular flexibility index (Phi) is 5.03. The lowest BCUT2D eigenvalue weighted by Crippen LogP contribution is -2.63. The maximum atomic E-state index is 13.0. The van der Waals surface area contributed by atoms with E-state index in [2.05, 4.69) is 11.6 Å². The van der Waals surface area contributed by atoms with Crippen molar-refractivity contribution in [1.29, 1.82) is 0 Å². The zero-order valence-electron chi connectivity index (χ0n) is 9.36. The van der Waals surface area contributed by atoms with Crippen molar-refractivity contribution in [2.24, 2.45) is 0 Å². The van der Waals surface area contributed by atoms with Crippen LogP contribution >= 0.6 is 11.6 Å². The number of aliphatic hydroxyl groups excluding tert-OH is 1. The molecule has 0 radical (unpaired) electrons. The van der Waals surface area contributed by atoms with Crippen LogP contribution in [0.2, 0.25) is 0 Å². The van der Waals surface area contributed by atoms with E-state index in [1.54, 1.807) is 0 Å². The van der Waals surface area contributed by atoms with Crippen LogP contribution in [0, 0.1) is 0 Å². The van der Waals surface area contributed by atoms with Crippen molar-refractivity contribution in [3.05, 3.63) is 0 Å². The zero-order valence-corrected chi connectivity index (χ0v) is 10.9. The van der Waals surface area contributed by atoms with Crippen LogP contribution in [-0.2, 0) is 9.84 Å². The highest BCUT2D eigenvalue weighted by Gasteiger charge is 2.83. The molecule has 0 spiro atoms. The highest BCUT2D eigenvalue weighted by Crippen LogP contribution is 2.55. The number of hydrogen-bond acceptors (Lipinski definition) is 3. The fourth-order valence-electron chi connectivity index (χ4n) is 0.978. The summed E-state index contributed by atoms with van der Waals surface area (Å²) in [7, 11) is -6.37. The summed E-state index contributed by atoms with van der Waals surface area (Å²) in [5.41, 5.74) is 0. The van der Waals surface area contributed by atoms with E-state index in [1.807, 2.05) is 0 Å². The second-order valence-electron chi connectivity index (χ2n) is 3.79. The lowest BCUT2D eigenvalue weighted by atomic mass is 10.2. The number of hydrogen-bond donors (Lipinski definition) is 1. The third kappa shape index (κ3) is 2.96. The molecule has 0 heterocycles. The molecular formula is C7H7ClF8O3S. The van der Waals surface area contributed by atoms with Crippen molar-refractivity contribution in [3.8, 4) is 0 Å². The van der Waals surface area contributed by atoms with Gasteiger partial charge < -0.3 is 5.11 Å². The van der Waals surface area contributed by atoms with E-state index < -0.39 is 44.2 Å². The number of halogens is 9. The average Bonchev–Trinajstić information content (AvgIpc) is 2.12. The average molecular weight is 359 g/mol. The largest absolute Gasteiger partial charge is 0.413 e. The van der Waals surface area contributed by atoms with Gasteiger partial charge in [-0.3, -0.25) is 0 Å². The fraction of sp³-hybridized carbons (Fsp3) is 1.00. The Balaban J connectivity index is 5.95. The summed E-state index contributed by atoms with van der Waals surface area (Å²) >= 11 is 3.63. The van der Waals surface area contributed by atoms with Crippen molar-refractivity contribution in [1.82, 2.24) is 0 Å². The Hall–Kier alpha value is -0.360. The van der Waals surface area contributed by atoms with Crippen LogP contribution in [0.1, 0.15) is 6.92 Å². The van der Waals surface area contributed by atoms with Crippen molar-refractivity contribution in [3.63, 3.8) is 0 Å². The van der Waals surface area contributed by atoms with Crippen LogP contribution in [0.25, 0.3) is 0 Å². The van der Waals surface area contributed by atoms with Crippen molar-refractivity contribution < 1.29 is 48.6 Å². The minimum absolute atomic E-state index is 0.583. The standard InChI is InChI=1S/C7H7ClF8O3S/c1-3(17)2-20(18,19)7(15,16)5(11,12)4(9,10)6(8,13)14/h3,17H,2H2,1H3. The first kappa shape index (κ1) is 19.6. The maximum absolute atomic E-state index is 13.0. The first-order chi connectivity index (χ1) is 8.42. The molecule has 1 N–H and O–H groups in total. The molecule has 0 amide bonds. The first-order valence-electron chi connectivity index (χ1n) is 4.52. The van der Waals surface area contributed by atoms with Crippen LogP contribution in [-0.4, -0.2) is 47.9 Å². The van der Waals surface area contributed by atoms with Crippen LogP contribution in [0.15, 0.2) is 0 Å². The summed E-state index contributed by atoms with van der Waals surface area (Å²) in [5.74, 6) is -15.9. The predicted octanol–water partition coefficient (Wildman–Crippen LogP) is 2.48. The number of alkyl halides is 9. The Bertz CT molecular complexity index is 455. The summed E-state index contributed by atoms with van der Waals surface area (Å²) in [4.78, 5) is 0. The third-order valence-electron chi connectivity index (χ3n) is 1.97. The molecule has 13 heteroatoms. The summed E-state index contributed by atoms with van der Waals surface area (Å²) in [6.07, 6.45) is -2.12. The Morgan fingerprint density at radius 3 is 1.60 bits per heavy atom. The van der Waals surface area contributed by atoms with E-state index >= 15 is 0 Å². The Labute approximate surface area is 112 Å².